The van der Waals surface area contributed by atoms with E-state index in [9.17, 15) is 0 Å². The molecule has 0 aliphatic carbocycles. The van der Waals surface area contributed by atoms with Crippen molar-refractivity contribution in [2.75, 3.05) is 0 Å². The standard InChI is InChI=1S/C38H24N2S/c1-3-11-25(12-4-1)30-22-32(37-31-17-9-10-18-35(31)41-36(37)23-30)34-24-33(27-14-5-2-6-15-27)39-38(40-34)29-20-19-26-13-7-8-16-28(26)21-29/h1-24H. The lowest BCUT2D eigenvalue weighted by atomic mass is 9.96. The van der Waals surface area contributed by atoms with E-state index in [0.717, 1.165) is 33.9 Å². The molecule has 0 unspecified atom stereocenters. The topological polar surface area (TPSA) is 25.8 Å². The Balaban J connectivity index is 1.43. The number of thiophene rings is 1. The van der Waals surface area contributed by atoms with Crippen molar-refractivity contribution in [3.05, 3.63) is 146 Å². The van der Waals surface area contributed by atoms with Crippen molar-refractivity contribution in [3.63, 3.8) is 0 Å². The quantitative estimate of drug-likeness (QED) is 0.222. The van der Waals surface area contributed by atoms with Gasteiger partial charge in [0.2, 0.25) is 0 Å². The molecule has 0 saturated carbocycles. The second-order valence-electron chi connectivity index (χ2n) is 10.3. The molecule has 3 heteroatoms. The lowest BCUT2D eigenvalue weighted by Crippen LogP contribution is -1.96. The Labute approximate surface area is 242 Å². The van der Waals surface area contributed by atoms with Crippen molar-refractivity contribution in [2.45, 2.75) is 0 Å². The van der Waals surface area contributed by atoms with Gasteiger partial charge in [0.15, 0.2) is 5.82 Å². The Morgan fingerprint density at radius 2 is 1.10 bits per heavy atom. The van der Waals surface area contributed by atoms with Crippen LogP contribution in [0.4, 0.5) is 0 Å². The molecule has 2 aromatic heterocycles. The lowest BCUT2D eigenvalue weighted by molar-refractivity contribution is 1.19. The summed E-state index contributed by atoms with van der Waals surface area (Å²) < 4.78 is 2.54. The smallest absolute Gasteiger partial charge is 0.160 e. The van der Waals surface area contributed by atoms with Crippen LogP contribution in [-0.2, 0) is 0 Å². The first-order valence-electron chi connectivity index (χ1n) is 13.7. The van der Waals surface area contributed by atoms with Gasteiger partial charge in [0.05, 0.1) is 11.4 Å². The Morgan fingerprint density at radius 1 is 0.415 bits per heavy atom. The van der Waals surface area contributed by atoms with E-state index < -0.39 is 0 Å². The Kier molecular flexibility index (Phi) is 5.68. The highest BCUT2D eigenvalue weighted by atomic mass is 32.1. The fraction of sp³-hybridized carbons (Fsp3) is 0. The van der Waals surface area contributed by atoms with Gasteiger partial charge in [0.25, 0.3) is 0 Å². The zero-order valence-corrected chi connectivity index (χ0v) is 23.0. The summed E-state index contributed by atoms with van der Waals surface area (Å²) in [6.07, 6.45) is 0. The molecule has 6 aromatic carbocycles. The van der Waals surface area contributed by atoms with Crippen LogP contribution in [0.5, 0.6) is 0 Å². The molecule has 8 rings (SSSR count). The molecule has 8 aromatic rings. The summed E-state index contributed by atoms with van der Waals surface area (Å²) >= 11 is 1.84. The van der Waals surface area contributed by atoms with Gasteiger partial charge < -0.3 is 0 Å². The first kappa shape index (κ1) is 23.7. The van der Waals surface area contributed by atoms with E-state index in [1.165, 1.54) is 42.1 Å². The average molecular weight is 541 g/mol. The highest BCUT2D eigenvalue weighted by molar-refractivity contribution is 7.26. The molecule has 2 nitrogen and oxygen atoms in total. The van der Waals surface area contributed by atoms with E-state index in [1.54, 1.807) is 0 Å². The predicted molar refractivity (Wildman–Crippen MR) is 174 cm³/mol. The maximum atomic E-state index is 5.27. The molecule has 41 heavy (non-hydrogen) atoms. The average Bonchev–Trinajstić information content (AvgIpc) is 3.43. The molecule has 0 atom stereocenters. The van der Waals surface area contributed by atoms with E-state index in [2.05, 4.69) is 140 Å². The number of rotatable bonds is 4. The largest absolute Gasteiger partial charge is 0.228 e. The molecule has 0 spiro atoms. The van der Waals surface area contributed by atoms with E-state index in [4.69, 9.17) is 9.97 Å². The number of fused-ring (bicyclic) bond motifs is 4. The summed E-state index contributed by atoms with van der Waals surface area (Å²) in [5.41, 5.74) is 7.43. The number of hydrogen-bond acceptors (Lipinski definition) is 3. The van der Waals surface area contributed by atoms with E-state index in [1.807, 2.05) is 17.4 Å². The van der Waals surface area contributed by atoms with Gasteiger partial charge >= 0.3 is 0 Å². The van der Waals surface area contributed by atoms with E-state index in [-0.39, 0.29) is 0 Å². The highest BCUT2D eigenvalue weighted by Crippen LogP contribution is 2.43. The van der Waals surface area contributed by atoms with Gasteiger partial charge in [-0.15, -0.1) is 11.3 Å². The maximum Gasteiger partial charge on any atom is 0.160 e. The fourth-order valence-electron chi connectivity index (χ4n) is 5.65. The molecule has 0 amide bonds. The molecule has 0 aliphatic rings. The third kappa shape index (κ3) is 4.28. The van der Waals surface area contributed by atoms with Crippen LogP contribution in [-0.4, -0.2) is 9.97 Å². The minimum Gasteiger partial charge on any atom is -0.228 e. The third-order valence-electron chi connectivity index (χ3n) is 7.66. The molecule has 0 aliphatic heterocycles. The van der Waals surface area contributed by atoms with Gasteiger partial charge in [-0.2, -0.15) is 0 Å². The number of benzene rings is 6. The van der Waals surface area contributed by atoms with Crippen LogP contribution in [0.2, 0.25) is 0 Å². The molecular weight excluding hydrogens is 516 g/mol. The maximum absolute atomic E-state index is 5.27. The van der Waals surface area contributed by atoms with E-state index >= 15 is 0 Å². The lowest BCUT2D eigenvalue weighted by Gasteiger charge is -2.13. The summed E-state index contributed by atoms with van der Waals surface area (Å²) in [5.74, 6) is 0.727. The van der Waals surface area contributed by atoms with Crippen molar-refractivity contribution in [1.82, 2.24) is 9.97 Å². The summed E-state index contributed by atoms with van der Waals surface area (Å²) in [4.78, 5) is 10.4. The minimum atomic E-state index is 0.727. The summed E-state index contributed by atoms with van der Waals surface area (Å²) in [6, 6.07) is 51.4. The van der Waals surface area contributed by atoms with Gasteiger partial charge in [-0.05, 0) is 52.2 Å². The summed E-state index contributed by atoms with van der Waals surface area (Å²) in [5, 5.41) is 4.89. The van der Waals surface area contributed by atoms with Crippen molar-refractivity contribution in [2.24, 2.45) is 0 Å². The van der Waals surface area contributed by atoms with Crippen LogP contribution in [0.25, 0.3) is 76.0 Å². The van der Waals surface area contributed by atoms with E-state index in [0.29, 0.717) is 0 Å². The molecule has 192 valence electrons. The number of hydrogen-bond donors (Lipinski definition) is 0. The Morgan fingerprint density at radius 3 is 1.93 bits per heavy atom. The van der Waals surface area contributed by atoms with Crippen LogP contribution in [0.3, 0.4) is 0 Å². The minimum absolute atomic E-state index is 0.727. The zero-order valence-electron chi connectivity index (χ0n) is 22.2. The predicted octanol–water partition coefficient (Wildman–Crippen LogP) is 10.7. The third-order valence-corrected chi connectivity index (χ3v) is 8.78. The van der Waals surface area contributed by atoms with Crippen molar-refractivity contribution < 1.29 is 0 Å². The molecule has 0 saturated heterocycles. The first-order chi connectivity index (χ1) is 20.3. The van der Waals surface area contributed by atoms with Crippen molar-refractivity contribution in [3.8, 4) is 45.0 Å². The van der Waals surface area contributed by atoms with Crippen LogP contribution >= 0.6 is 11.3 Å². The van der Waals surface area contributed by atoms with Crippen molar-refractivity contribution in [1.29, 1.82) is 0 Å². The monoisotopic (exact) mass is 540 g/mol. The van der Waals surface area contributed by atoms with Crippen LogP contribution in [0.1, 0.15) is 0 Å². The van der Waals surface area contributed by atoms with Crippen LogP contribution in [0, 0.1) is 0 Å². The van der Waals surface area contributed by atoms with Gasteiger partial charge in [-0.1, -0.05) is 115 Å². The van der Waals surface area contributed by atoms with Crippen LogP contribution in [0.15, 0.2) is 146 Å². The SMILES string of the molecule is c1ccc(-c2cc(-c3cc(-c4ccccc4)nc(-c4ccc5ccccc5c4)n3)c3c(c2)sc2ccccc23)cc1. The molecule has 2 heterocycles. The normalized spacial score (nSPS) is 11.4. The number of aromatic nitrogens is 2. The van der Waals surface area contributed by atoms with Gasteiger partial charge in [0.1, 0.15) is 0 Å². The van der Waals surface area contributed by atoms with Gasteiger partial charge in [0, 0.05) is 36.9 Å². The summed E-state index contributed by atoms with van der Waals surface area (Å²) in [6.45, 7) is 0. The van der Waals surface area contributed by atoms with Gasteiger partial charge in [-0.3, -0.25) is 0 Å². The molecular formula is C38H24N2S. The second-order valence-corrected chi connectivity index (χ2v) is 11.3. The first-order valence-corrected chi connectivity index (χ1v) is 14.6. The second kappa shape index (κ2) is 9.81. The fourth-order valence-corrected chi connectivity index (χ4v) is 6.82. The molecule has 0 N–H and O–H groups in total. The molecule has 0 bridgehead atoms. The van der Waals surface area contributed by atoms with Crippen molar-refractivity contribution >= 4 is 42.3 Å². The molecule has 0 radical (unpaired) electrons. The van der Waals surface area contributed by atoms with Crippen LogP contribution < -0.4 is 0 Å². The Hall–Kier alpha value is -5.12. The molecule has 0 fully saturated rings. The summed E-state index contributed by atoms with van der Waals surface area (Å²) in [7, 11) is 0. The Bertz CT molecular complexity index is 2200. The highest BCUT2D eigenvalue weighted by Gasteiger charge is 2.17. The van der Waals surface area contributed by atoms with Gasteiger partial charge in [-0.25, -0.2) is 9.97 Å². The number of nitrogens with zero attached hydrogens (tertiary/aromatic N) is 2. The zero-order chi connectivity index (χ0) is 27.2.